The van der Waals surface area contributed by atoms with Gasteiger partial charge in [0.25, 0.3) is 0 Å². The number of carbonyl (C=O) groups excluding carboxylic acids is 1. The summed E-state index contributed by atoms with van der Waals surface area (Å²) in [6, 6.07) is 3.98. The molecule has 0 saturated heterocycles. The minimum absolute atomic E-state index is 0.0313. The van der Waals surface area contributed by atoms with Gasteiger partial charge in [-0.1, -0.05) is 6.07 Å². The van der Waals surface area contributed by atoms with Gasteiger partial charge in [0, 0.05) is 22.7 Å². The Hall–Kier alpha value is -1.66. The van der Waals surface area contributed by atoms with E-state index in [-0.39, 0.29) is 12.0 Å². The highest BCUT2D eigenvalue weighted by molar-refractivity contribution is 7.10. The summed E-state index contributed by atoms with van der Waals surface area (Å²) in [4.78, 5) is 12.7. The van der Waals surface area contributed by atoms with Crippen molar-refractivity contribution in [3.05, 3.63) is 39.3 Å². The zero-order valence-corrected chi connectivity index (χ0v) is 12.7. The lowest BCUT2D eigenvalue weighted by atomic mass is 10.1. The Morgan fingerprint density at radius 2 is 2.35 bits per heavy atom. The monoisotopic (exact) mass is 293 g/mol. The molecular formula is C14H19N3O2S. The van der Waals surface area contributed by atoms with Gasteiger partial charge in [-0.3, -0.25) is 9.89 Å². The molecule has 0 amide bonds. The molecule has 2 aromatic rings. The number of hydrogen-bond acceptors (Lipinski definition) is 5. The Morgan fingerprint density at radius 1 is 1.55 bits per heavy atom. The van der Waals surface area contributed by atoms with Crippen molar-refractivity contribution < 1.29 is 9.53 Å². The van der Waals surface area contributed by atoms with E-state index < -0.39 is 0 Å². The fourth-order valence-corrected chi connectivity index (χ4v) is 2.88. The van der Waals surface area contributed by atoms with Crippen molar-refractivity contribution in [3.8, 4) is 0 Å². The number of aryl methyl sites for hydroxylation is 2. The van der Waals surface area contributed by atoms with Gasteiger partial charge in [-0.05, 0) is 25.3 Å². The number of nitrogens with one attached hydrogen (secondary N) is 2. The molecule has 0 radical (unpaired) electrons. The van der Waals surface area contributed by atoms with E-state index in [4.69, 9.17) is 4.74 Å². The number of esters is 1. The molecule has 2 rings (SSSR count). The third-order valence-corrected chi connectivity index (χ3v) is 4.28. The van der Waals surface area contributed by atoms with Gasteiger partial charge in [-0.25, -0.2) is 0 Å². The van der Waals surface area contributed by atoms with Gasteiger partial charge >= 0.3 is 5.97 Å². The second-order valence-corrected chi connectivity index (χ2v) is 5.62. The third kappa shape index (κ3) is 3.46. The molecule has 0 fully saturated rings. The molecule has 0 aromatic carbocycles. The van der Waals surface area contributed by atoms with Crippen molar-refractivity contribution in [3.63, 3.8) is 0 Å². The first-order chi connectivity index (χ1) is 9.61. The maximum absolute atomic E-state index is 11.5. The highest BCUT2D eigenvalue weighted by atomic mass is 32.1. The van der Waals surface area contributed by atoms with Crippen LogP contribution >= 0.6 is 11.3 Å². The van der Waals surface area contributed by atoms with E-state index in [1.165, 1.54) is 7.11 Å². The number of H-pyrrole nitrogens is 1. The summed E-state index contributed by atoms with van der Waals surface area (Å²) >= 11 is 1.64. The number of rotatable bonds is 6. The van der Waals surface area contributed by atoms with Crippen LogP contribution in [-0.2, 0) is 16.1 Å². The van der Waals surface area contributed by atoms with Crippen molar-refractivity contribution in [2.24, 2.45) is 0 Å². The van der Waals surface area contributed by atoms with Crippen molar-refractivity contribution in [1.82, 2.24) is 15.5 Å². The van der Waals surface area contributed by atoms with Crippen LogP contribution in [0.4, 0.5) is 0 Å². The number of hydrogen-bond donors (Lipinski definition) is 2. The van der Waals surface area contributed by atoms with Gasteiger partial charge in [-0.2, -0.15) is 5.10 Å². The molecule has 2 heterocycles. The summed E-state index contributed by atoms with van der Waals surface area (Å²) in [5.74, 6) is -0.212. The Morgan fingerprint density at radius 3 is 2.90 bits per heavy atom. The molecule has 0 spiro atoms. The summed E-state index contributed by atoms with van der Waals surface area (Å²) in [6.45, 7) is 4.65. The maximum Gasteiger partial charge on any atom is 0.307 e. The first-order valence-electron chi connectivity index (χ1n) is 6.46. The molecule has 2 N–H and O–H groups in total. The molecule has 20 heavy (non-hydrogen) atoms. The van der Waals surface area contributed by atoms with E-state index in [1.807, 2.05) is 31.4 Å². The van der Waals surface area contributed by atoms with Crippen LogP contribution in [-0.4, -0.2) is 23.3 Å². The van der Waals surface area contributed by atoms with Crippen LogP contribution < -0.4 is 5.32 Å². The van der Waals surface area contributed by atoms with Crippen LogP contribution in [0.5, 0.6) is 0 Å². The average molecular weight is 293 g/mol. The lowest BCUT2D eigenvalue weighted by Gasteiger charge is -2.16. The van der Waals surface area contributed by atoms with Crippen molar-refractivity contribution in [2.75, 3.05) is 7.11 Å². The van der Waals surface area contributed by atoms with Crippen molar-refractivity contribution in [2.45, 2.75) is 32.9 Å². The fourth-order valence-electron chi connectivity index (χ4n) is 2.07. The Bertz CT molecular complexity index is 543. The summed E-state index contributed by atoms with van der Waals surface area (Å²) < 4.78 is 4.77. The normalized spacial score (nSPS) is 12.3. The first kappa shape index (κ1) is 14.7. The molecule has 0 aliphatic rings. The van der Waals surface area contributed by atoms with Gasteiger partial charge in [0.1, 0.15) is 0 Å². The van der Waals surface area contributed by atoms with Crippen LogP contribution in [0.2, 0.25) is 0 Å². The molecule has 0 aliphatic carbocycles. The van der Waals surface area contributed by atoms with Crippen LogP contribution in [0.3, 0.4) is 0 Å². The average Bonchev–Trinajstić information content (AvgIpc) is 3.06. The highest BCUT2D eigenvalue weighted by Crippen LogP contribution is 2.23. The lowest BCUT2D eigenvalue weighted by molar-refractivity contribution is -0.141. The number of nitrogens with zero attached hydrogens (tertiary/aromatic N) is 1. The summed E-state index contributed by atoms with van der Waals surface area (Å²) in [6.07, 6.45) is 0.326. The van der Waals surface area contributed by atoms with Crippen LogP contribution in [0.1, 0.15) is 34.3 Å². The van der Waals surface area contributed by atoms with Gasteiger partial charge < -0.3 is 10.1 Å². The number of methoxy groups -OCH3 is 1. The second-order valence-electron chi connectivity index (χ2n) is 4.64. The molecule has 0 saturated carbocycles. The van der Waals surface area contributed by atoms with E-state index in [2.05, 4.69) is 15.5 Å². The summed E-state index contributed by atoms with van der Waals surface area (Å²) in [5.41, 5.74) is 3.19. The minimum Gasteiger partial charge on any atom is -0.469 e. The standard InChI is InChI=1S/C14H19N3O2S/c1-9-11(10(2)17-16-9)8-15-12(7-14(18)19-3)13-5-4-6-20-13/h4-6,12,15H,7-8H2,1-3H3,(H,16,17). The van der Waals surface area contributed by atoms with Crippen LogP contribution in [0.15, 0.2) is 17.5 Å². The number of carbonyl (C=O) groups is 1. The maximum atomic E-state index is 11.5. The van der Waals surface area contributed by atoms with Crippen LogP contribution in [0, 0.1) is 13.8 Å². The lowest BCUT2D eigenvalue weighted by Crippen LogP contribution is -2.23. The van der Waals surface area contributed by atoms with Crippen molar-refractivity contribution >= 4 is 17.3 Å². The molecule has 1 atom stereocenters. The quantitative estimate of drug-likeness (QED) is 0.803. The van der Waals surface area contributed by atoms with Gasteiger partial charge in [0.2, 0.25) is 0 Å². The number of thiophene rings is 1. The summed E-state index contributed by atoms with van der Waals surface area (Å²) in [7, 11) is 1.41. The van der Waals surface area contributed by atoms with E-state index >= 15 is 0 Å². The highest BCUT2D eigenvalue weighted by Gasteiger charge is 2.18. The number of aromatic nitrogens is 2. The number of aromatic amines is 1. The summed E-state index contributed by atoms with van der Waals surface area (Å²) in [5, 5.41) is 12.6. The SMILES string of the molecule is COC(=O)CC(NCc1c(C)n[nH]c1C)c1cccs1. The molecule has 2 aromatic heterocycles. The van der Waals surface area contributed by atoms with E-state index in [0.717, 1.165) is 21.8 Å². The van der Waals surface area contributed by atoms with Gasteiger partial charge in [0.05, 0.1) is 25.3 Å². The largest absolute Gasteiger partial charge is 0.469 e. The molecule has 0 bridgehead atoms. The number of ether oxygens (including phenoxy) is 1. The Labute approximate surface area is 122 Å². The third-order valence-electron chi connectivity index (χ3n) is 3.29. The van der Waals surface area contributed by atoms with Gasteiger partial charge in [0.15, 0.2) is 0 Å². The van der Waals surface area contributed by atoms with Crippen LogP contribution in [0.25, 0.3) is 0 Å². The predicted molar refractivity (Wildman–Crippen MR) is 78.6 cm³/mol. The molecule has 5 nitrogen and oxygen atoms in total. The molecule has 0 aliphatic heterocycles. The van der Waals surface area contributed by atoms with E-state index in [9.17, 15) is 4.79 Å². The molecule has 1 unspecified atom stereocenters. The van der Waals surface area contributed by atoms with Gasteiger partial charge in [-0.15, -0.1) is 11.3 Å². The molecule has 6 heteroatoms. The zero-order chi connectivity index (χ0) is 14.5. The first-order valence-corrected chi connectivity index (χ1v) is 7.33. The molecular weight excluding hydrogens is 274 g/mol. The fraction of sp³-hybridized carbons (Fsp3) is 0.429. The van der Waals surface area contributed by atoms with E-state index in [1.54, 1.807) is 11.3 Å². The Kier molecular flexibility index (Phi) is 4.92. The molecule has 108 valence electrons. The smallest absolute Gasteiger partial charge is 0.307 e. The second kappa shape index (κ2) is 6.67. The topological polar surface area (TPSA) is 67.0 Å². The predicted octanol–water partition coefficient (Wildman–Crippen LogP) is 2.48. The minimum atomic E-state index is -0.212. The zero-order valence-electron chi connectivity index (χ0n) is 11.9. The van der Waals surface area contributed by atoms with Crippen molar-refractivity contribution in [1.29, 1.82) is 0 Å². The van der Waals surface area contributed by atoms with E-state index in [0.29, 0.717) is 13.0 Å². The Balaban J connectivity index is 2.06.